The number of benzene rings is 1. The first-order valence-corrected chi connectivity index (χ1v) is 7.49. The van der Waals surface area contributed by atoms with Crippen LogP contribution in [0.15, 0.2) is 24.3 Å². The van der Waals surface area contributed by atoms with Crippen LogP contribution in [-0.4, -0.2) is 9.78 Å². The number of nitrogens with zero attached hydrogens (tertiary/aromatic N) is 2. The van der Waals surface area contributed by atoms with E-state index in [0.717, 1.165) is 28.0 Å². The molecule has 0 fully saturated rings. The Morgan fingerprint density at radius 2 is 1.90 bits per heavy atom. The van der Waals surface area contributed by atoms with E-state index in [9.17, 15) is 0 Å². The molecule has 0 saturated carbocycles. The van der Waals surface area contributed by atoms with Gasteiger partial charge >= 0.3 is 0 Å². The SMILES string of the molecule is CCn1nc(C)c(Cl)c1CN[C@H](C)c1ccc(Cl)cc1. The predicted molar refractivity (Wildman–Crippen MR) is 84.4 cm³/mol. The molecule has 108 valence electrons. The van der Waals surface area contributed by atoms with Crippen molar-refractivity contribution in [3.05, 3.63) is 51.3 Å². The van der Waals surface area contributed by atoms with Gasteiger partial charge in [0.05, 0.1) is 16.4 Å². The van der Waals surface area contributed by atoms with Gasteiger partial charge in [-0.1, -0.05) is 35.3 Å². The fraction of sp³-hybridized carbons (Fsp3) is 0.400. The summed E-state index contributed by atoms with van der Waals surface area (Å²) in [7, 11) is 0. The van der Waals surface area contributed by atoms with Gasteiger partial charge in [0.25, 0.3) is 0 Å². The lowest BCUT2D eigenvalue weighted by Crippen LogP contribution is -2.20. The van der Waals surface area contributed by atoms with E-state index in [0.29, 0.717) is 6.54 Å². The van der Waals surface area contributed by atoms with Gasteiger partial charge in [0.2, 0.25) is 0 Å². The molecule has 1 heterocycles. The molecule has 1 aromatic heterocycles. The van der Waals surface area contributed by atoms with Gasteiger partial charge in [-0.3, -0.25) is 4.68 Å². The fourth-order valence-corrected chi connectivity index (χ4v) is 2.49. The third-order valence-electron chi connectivity index (χ3n) is 3.40. The van der Waals surface area contributed by atoms with Crippen LogP contribution >= 0.6 is 23.2 Å². The molecule has 2 rings (SSSR count). The molecule has 0 spiro atoms. The van der Waals surface area contributed by atoms with Crippen LogP contribution in [0.4, 0.5) is 0 Å². The van der Waals surface area contributed by atoms with Crippen LogP contribution < -0.4 is 5.32 Å². The topological polar surface area (TPSA) is 29.9 Å². The van der Waals surface area contributed by atoms with Crippen LogP contribution in [0, 0.1) is 6.92 Å². The maximum absolute atomic E-state index is 6.30. The summed E-state index contributed by atoms with van der Waals surface area (Å²) in [5.74, 6) is 0. The quantitative estimate of drug-likeness (QED) is 0.888. The van der Waals surface area contributed by atoms with Crippen molar-refractivity contribution < 1.29 is 0 Å². The second-order valence-electron chi connectivity index (χ2n) is 4.82. The molecule has 1 N–H and O–H groups in total. The van der Waals surface area contributed by atoms with E-state index in [4.69, 9.17) is 23.2 Å². The molecule has 0 unspecified atom stereocenters. The Bertz CT molecular complexity index is 576. The minimum atomic E-state index is 0.226. The molecule has 2 aromatic rings. The molecule has 0 amide bonds. The van der Waals surface area contributed by atoms with Crippen molar-refractivity contribution in [3.8, 4) is 0 Å². The summed E-state index contributed by atoms with van der Waals surface area (Å²) in [5.41, 5.74) is 3.11. The Hall–Kier alpha value is -1.03. The van der Waals surface area contributed by atoms with E-state index in [1.54, 1.807) is 0 Å². The minimum Gasteiger partial charge on any atom is -0.305 e. The van der Waals surface area contributed by atoms with Crippen molar-refractivity contribution in [2.24, 2.45) is 0 Å². The molecule has 0 radical (unpaired) electrons. The van der Waals surface area contributed by atoms with Crippen LogP contribution in [-0.2, 0) is 13.1 Å². The van der Waals surface area contributed by atoms with E-state index in [1.807, 2.05) is 35.9 Å². The maximum Gasteiger partial charge on any atom is 0.0860 e. The number of hydrogen-bond acceptors (Lipinski definition) is 2. The molecular weight excluding hydrogens is 293 g/mol. The summed E-state index contributed by atoms with van der Waals surface area (Å²) in [6.07, 6.45) is 0. The van der Waals surface area contributed by atoms with Crippen LogP contribution in [0.25, 0.3) is 0 Å². The van der Waals surface area contributed by atoms with E-state index in [1.165, 1.54) is 5.56 Å². The highest BCUT2D eigenvalue weighted by Crippen LogP contribution is 2.22. The van der Waals surface area contributed by atoms with E-state index in [-0.39, 0.29) is 6.04 Å². The van der Waals surface area contributed by atoms with E-state index >= 15 is 0 Å². The lowest BCUT2D eigenvalue weighted by atomic mass is 10.1. The summed E-state index contributed by atoms with van der Waals surface area (Å²) in [4.78, 5) is 0. The molecule has 0 aliphatic rings. The van der Waals surface area contributed by atoms with Crippen molar-refractivity contribution in [3.63, 3.8) is 0 Å². The van der Waals surface area contributed by atoms with Crippen molar-refractivity contribution in [1.82, 2.24) is 15.1 Å². The molecule has 0 saturated heterocycles. The molecule has 1 aromatic carbocycles. The normalized spacial score (nSPS) is 12.7. The third kappa shape index (κ3) is 3.35. The van der Waals surface area contributed by atoms with E-state index < -0.39 is 0 Å². The second-order valence-corrected chi connectivity index (χ2v) is 5.63. The summed E-state index contributed by atoms with van der Waals surface area (Å²) in [6.45, 7) is 7.63. The van der Waals surface area contributed by atoms with Crippen LogP contribution in [0.3, 0.4) is 0 Å². The van der Waals surface area contributed by atoms with Gasteiger partial charge in [0.1, 0.15) is 0 Å². The maximum atomic E-state index is 6.30. The van der Waals surface area contributed by atoms with Gasteiger partial charge < -0.3 is 5.32 Å². The standard InChI is InChI=1S/C15H19Cl2N3/c1-4-20-14(15(17)11(3)19-20)9-18-10(2)12-5-7-13(16)8-6-12/h5-8,10,18H,4,9H2,1-3H3/t10-/m1/s1. The first-order valence-electron chi connectivity index (χ1n) is 6.73. The monoisotopic (exact) mass is 311 g/mol. The van der Waals surface area contributed by atoms with Gasteiger partial charge in [-0.15, -0.1) is 0 Å². The number of halogens is 2. The minimum absolute atomic E-state index is 0.226. The molecule has 0 aliphatic carbocycles. The highest BCUT2D eigenvalue weighted by Gasteiger charge is 2.13. The zero-order valence-corrected chi connectivity index (χ0v) is 13.5. The van der Waals surface area contributed by atoms with Crippen molar-refractivity contribution in [1.29, 1.82) is 0 Å². The second kappa shape index (κ2) is 6.61. The Balaban J connectivity index is 2.07. The van der Waals surface area contributed by atoms with Crippen molar-refractivity contribution >= 4 is 23.2 Å². The van der Waals surface area contributed by atoms with Gasteiger partial charge in [0, 0.05) is 24.2 Å². The van der Waals surface area contributed by atoms with Crippen LogP contribution in [0.1, 0.15) is 36.8 Å². The van der Waals surface area contributed by atoms with Crippen LogP contribution in [0.2, 0.25) is 10.0 Å². The Morgan fingerprint density at radius 3 is 2.50 bits per heavy atom. The summed E-state index contributed by atoms with van der Waals surface area (Å²) < 4.78 is 1.94. The Kier molecular flexibility index (Phi) is 5.08. The van der Waals surface area contributed by atoms with Gasteiger partial charge in [-0.05, 0) is 38.5 Å². The molecule has 3 nitrogen and oxygen atoms in total. The largest absolute Gasteiger partial charge is 0.305 e. The molecular formula is C15H19Cl2N3. The number of aryl methyl sites for hydroxylation is 2. The number of nitrogens with one attached hydrogen (secondary N) is 1. The van der Waals surface area contributed by atoms with Crippen molar-refractivity contribution in [2.75, 3.05) is 0 Å². The number of hydrogen-bond donors (Lipinski definition) is 1. The van der Waals surface area contributed by atoms with Gasteiger partial charge in [-0.25, -0.2) is 0 Å². The lowest BCUT2D eigenvalue weighted by molar-refractivity contribution is 0.531. The Morgan fingerprint density at radius 1 is 1.25 bits per heavy atom. The van der Waals surface area contributed by atoms with Gasteiger partial charge in [-0.2, -0.15) is 5.10 Å². The first kappa shape index (κ1) is 15.4. The first-order chi connectivity index (χ1) is 9.52. The highest BCUT2D eigenvalue weighted by atomic mass is 35.5. The summed E-state index contributed by atoms with van der Waals surface area (Å²) in [6, 6.07) is 8.10. The summed E-state index contributed by atoms with van der Waals surface area (Å²) >= 11 is 12.2. The number of aromatic nitrogens is 2. The van der Waals surface area contributed by atoms with Crippen molar-refractivity contribution in [2.45, 2.75) is 39.9 Å². The third-order valence-corrected chi connectivity index (χ3v) is 4.14. The molecule has 1 atom stereocenters. The van der Waals surface area contributed by atoms with Crippen LogP contribution in [0.5, 0.6) is 0 Å². The number of rotatable bonds is 5. The average Bonchev–Trinajstić information content (AvgIpc) is 2.72. The zero-order chi connectivity index (χ0) is 14.7. The summed E-state index contributed by atoms with van der Waals surface area (Å²) in [5, 5.41) is 9.40. The zero-order valence-electron chi connectivity index (χ0n) is 12.0. The predicted octanol–water partition coefficient (Wildman–Crippen LogP) is 4.37. The molecule has 20 heavy (non-hydrogen) atoms. The molecule has 0 bridgehead atoms. The lowest BCUT2D eigenvalue weighted by Gasteiger charge is -2.15. The van der Waals surface area contributed by atoms with E-state index in [2.05, 4.69) is 24.3 Å². The fourth-order valence-electron chi connectivity index (χ4n) is 2.16. The molecule has 0 aliphatic heterocycles. The average molecular weight is 312 g/mol. The highest BCUT2D eigenvalue weighted by molar-refractivity contribution is 6.31. The molecule has 5 heteroatoms. The Labute approximate surface area is 129 Å². The smallest absolute Gasteiger partial charge is 0.0860 e. The van der Waals surface area contributed by atoms with Gasteiger partial charge in [0.15, 0.2) is 0 Å².